The first-order chi connectivity index (χ1) is 15.3. The number of aliphatic hydroxyl groups is 2. The molecule has 4 N–H and O–H groups in total. The molecular formula is C24H26N4O4Zn. The Hall–Kier alpha value is -3.00. The topological polar surface area (TPSA) is 131 Å². The Labute approximate surface area is 205 Å². The molecule has 0 aliphatic carbocycles. The Morgan fingerprint density at radius 1 is 0.727 bits per heavy atom. The Bertz CT molecular complexity index is 1130. The zero-order chi connectivity index (χ0) is 23.4. The average Bonchev–Trinajstić information content (AvgIpc) is 2.78. The molecule has 0 saturated carbocycles. The third-order valence-corrected chi connectivity index (χ3v) is 5.31. The number of rotatable bonds is 6. The molecule has 0 aliphatic rings. The first-order valence-electron chi connectivity index (χ1n) is 10.0. The Balaban J connectivity index is 0.00000385. The van der Waals surface area contributed by atoms with Gasteiger partial charge >= 0.3 is 0 Å². The van der Waals surface area contributed by atoms with Crippen LogP contribution in [0.2, 0.25) is 0 Å². The fourth-order valence-corrected chi connectivity index (χ4v) is 3.11. The van der Waals surface area contributed by atoms with Crippen molar-refractivity contribution in [3.63, 3.8) is 0 Å². The van der Waals surface area contributed by atoms with Crippen LogP contribution < -0.4 is 0 Å². The number of aryl methyl sites for hydroxylation is 4. The van der Waals surface area contributed by atoms with E-state index in [9.17, 15) is 20.4 Å². The summed E-state index contributed by atoms with van der Waals surface area (Å²) in [6.07, 6.45) is 5.96. The van der Waals surface area contributed by atoms with E-state index < -0.39 is 0 Å². The van der Waals surface area contributed by atoms with Crippen molar-refractivity contribution in [2.45, 2.75) is 40.9 Å². The quantitative estimate of drug-likeness (QED) is 0.303. The van der Waals surface area contributed by atoms with Gasteiger partial charge in [-0.2, -0.15) is 0 Å². The smallest absolute Gasteiger partial charge is 0.145 e. The molecule has 0 unspecified atom stereocenters. The van der Waals surface area contributed by atoms with E-state index in [2.05, 4.69) is 20.0 Å². The molecule has 0 saturated heterocycles. The molecule has 0 fully saturated rings. The first-order valence-corrected chi connectivity index (χ1v) is 10.0. The minimum absolute atomic E-state index is 0. The normalized spacial score (nSPS) is 11.3. The molecule has 2 heterocycles. The minimum atomic E-state index is -0.287. The molecule has 8 nitrogen and oxygen atoms in total. The van der Waals surface area contributed by atoms with Gasteiger partial charge in [-0.25, -0.2) is 0 Å². The number of pyridine rings is 2. The van der Waals surface area contributed by atoms with E-state index in [0.717, 1.165) is 11.1 Å². The van der Waals surface area contributed by atoms with Gasteiger partial charge in [-0.05, 0) is 51.0 Å². The first kappa shape index (κ1) is 26.3. The second-order valence-corrected chi connectivity index (χ2v) is 7.52. The number of benzene rings is 1. The summed E-state index contributed by atoms with van der Waals surface area (Å²) in [5, 5.41) is 39.9. The predicted molar refractivity (Wildman–Crippen MR) is 124 cm³/mol. The second-order valence-electron chi connectivity index (χ2n) is 7.52. The van der Waals surface area contributed by atoms with Gasteiger partial charge in [0, 0.05) is 66.6 Å². The van der Waals surface area contributed by atoms with E-state index >= 15 is 0 Å². The molecule has 0 radical (unpaired) electrons. The summed E-state index contributed by atoms with van der Waals surface area (Å²) in [7, 11) is 0. The van der Waals surface area contributed by atoms with Gasteiger partial charge in [0.25, 0.3) is 0 Å². The van der Waals surface area contributed by atoms with Gasteiger partial charge in [0.05, 0.1) is 36.0 Å². The molecule has 3 aromatic rings. The van der Waals surface area contributed by atoms with Gasteiger partial charge in [-0.15, -0.1) is 0 Å². The maximum atomic E-state index is 10.4. The van der Waals surface area contributed by atoms with E-state index in [4.69, 9.17) is 0 Å². The summed E-state index contributed by atoms with van der Waals surface area (Å²) in [5.41, 5.74) is 5.64. The molecule has 0 spiro atoms. The predicted octanol–water partition coefficient (Wildman–Crippen LogP) is 3.60. The Kier molecular flexibility index (Phi) is 8.94. The van der Waals surface area contributed by atoms with Crippen LogP contribution in [0.25, 0.3) is 0 Å². The molecule has 0 bridgehead atoms. The van der Waals surface area contributed by atoms with Crippen LogP contribution >= 0.6 is 0 Å². The van der Waals surface area contributed by atoms with Crippen molar-refractivity contribution in [1.82, 2.24) is 9.97 Å². The fourth-order valence-electron chi connectivity index (χ4n) is 3.11. The van der Waals surface area contributed by atoms with Crippen molar-refractivity contribution >= 4 is 23.8 Å². The van der Waals surface area contributed by atoms with E-state index in [1.165, 1.54) is 24.8 Å². The molecular weight excluding hydrogens is 474 g/mol. The summed E-state index contributed by atoms with van der Waals surface area (Å²) < 4.78 is 0. The average molecular weight is 500 g/mol. The molecule has 0 atom stereocenters. The summed E-state index contributed by atoms with van der Waals surface area (Å²) in [4.78, 5) is 17.2. The zero-order valence-corrected chi connectivity index (χ0v) is 22.1. The number of hydrogen-bond donors (Lipinski definition) is 4. The van der Waals surface area contributed by atoms with Crippen LogP contribution in [0.15, 0.2) is 34.5 Å². The van der Waals surface area contributed by atoms with Gasteiger partial charge in [0.15, 0.2) is 0 Å². The molecule has 9 heteroatoms. The number of nitrogens with zero attached hydrogens (tertiary/aromatic N) is 4. The van der Waals surface area contributed by atoms with E-state index in [1.54, 1.807) is 13.8 Å². The van der Waals surface area contributed by atoms with Crippen molar-refractivity contribution in [1.29, 1.82) is 0 Å². The van der Waals surface area contributed by atoms with Crippen LogP contribution in [-0.2, 0) is 32.7 Å². The Morgan fingerprint density at radius 2 is 1.09 bits per heavy atom. The van der Waals surface area contributed by atoms with Crippen molar-refractivity contribution < 1.29 is 39.9 Å². The number of aromatic hydroxyl groups is 2. The molecule has 2 aromatic heterocycles. The summed E-state index contributed by atoms with van der Waals surface area (Å²) >= 11 is 0. The molecule has 3 rings (SSSR count). The third-order valence-electron chi connectivity index (χ3n) is 5.31. The van der Waals surface area contributed by atoms with E-state index in [-0.39, 0.29) is 44.2 Å². The number of aliphatic imine (C=N–C) groups is 2. The summed E-state index contributed by atoms with van der Waals surface area (Å²) in [6.45, 7) is 6.67. The molecule has 0 aliphatic heterocycles. The maximum Gasteiger partial charge on any atom is 0.145 e. The molecule has 33 heavy (non-hydrogen) atoms. The molecule has 1 aromatic carbocycles. The standard InChI is InChI=1S/C24H26N4O4.Zn/c1-13-5-21(27-9-19-17(11-29)7-25-15(3)23(19)31)22(6-14(13)2)28-10-20-18(12-30)8-26-16(4)24(20)32;/h5-10,29-32H,11-12H2,1-4H3;. The Morgan fingerprint density at radius 3 is 1.42 bits per heavy atom. The van der Waals surface area contributed by atoms with Crippen molar-refractivity contribution in [2.75, 3.05) is 0 Å². The van der Waals surface area contributed by atoms with Crippen LogP contribution in [0.3, 0.4) is 0 Å². The van der Waals surface area contributed by atoms with Gasteiger partial charge in [-0.1, -0.05) is 0 Å². The fraction of sp³-hybridized carbons (Fsp3) is 0.250. The van der Waals surface area contributed by atoms with Crippen LogP contribution in [0.4, 0.5) is 11.4 Å². The van der Waals surface area contributed by atoms with Crippen LogP contribution in [0, 0.1) is 27.7 Å². The summed E-state index contributed by atoms with van der Waals surface area (Å²) in [5.74, 6) is -0.0853. The van der Waals surface area contributed by atoms with E-state index in [1.807, 2.05) is 26.0 Å². The third kappa shape index (κ3) is 5.68. The van der Waals surface area contributed by atoms with Crippen LogP contribution in [0.1, 0.15) is 44.8 Å². The SMILES string of the molecule is Cc1cc(N=Cc2c(CO)cnc(C)c2O)c(N=Cc2c(CO)cnc(C)c2O)cc1C.[Zn]. The second kappa shape index (κ2) is 11.2. The van der Waals surface area contributed by atoms with Crippen LogP contribution in [-0.4, -0.2) is 42.8 Å². The van der Waals surface area contributed by atoms with Crippen molar-refractivity contribution in [2.24, 2.45) is 9.98 Å². The summed E-state index contributed by atoms with van der Waals surface area (Å²) in [6, 6.07) is 3.74. The van der Waals surface area contributed by atoms with Gasteiger partial charge in [-0.3, -0.25) is 20.0 Å². The minimum Gasteiger partial charge on any atom is -0.505 e. The van der Waals surface area contributed by atoms with Crippen LogP contribution in [0.5, 0.6) is 11.5 Å². The van der Waals surface area contributed by atoms with Crippen molar-refractivity contribution in [3.05, 3.63) is 69.3 Å². The zero-order valence-electron chi connectivity index (χ0n) is 19.2. The monoisotopic (exact) mass is 498 g/mol. The van der Waals surface area contributed by atoms with E-state index in [0.29, 0.717) is 45.0 Å². The van der Waals surface area contributed by atoms with Gasteiger partial charge in [0.2, 0.25) is 0 Å². The largest absolute Gasteiger partial charge is 0.505 e. The van der Waals surface area contributed by atoms with Crippen molar-refractivity contribution in [3.8, 4) is 11.5 Å². The number of aliphatic hydroxyl groups excluding tert-OH is 2. The molecule has 0 amide bonds. The van der Waals surface area contributed by atoms with Gasteiger partial charge < -0.3 is 20.4 Å². The number of aromatic nitrogens is 2. The molecule has 168 valence electrons. The van der Waals surface area contributed by atoms with Gasteiger partial charge in [0.1, 0.15) is 11.5 Å². The number of hydrogen-bond acceptors (Lipinski definition) is 8. The maximum absolute atomic E-state index is 10.4.